The fourth-order valence-electron chi connectivity index (χ4n) is 4.65. The van der Waals surface area contributed by atoms with E-state index in [-0.39, 0.29) is 11.7 Å². The number of benzene rings is 2. The molecule has 4 rings (SSSR count). The minimum Gasteiger partial charge on any atom is -0.385 e. The molecule has 174 valence electrons. The van der Waals surface area contributed by atoms with Crippen molar-refractivity contribution >= 4 is 22.6 Å². The smallest absolute Gasteiger partial charge is 0.253 e. The summed E-state index contributed by atoms with van der Waals surface area (Å²) in [5.41, 5.74) is 4.63. The van der Waals surface area contributed by atoms with Gasteiger partial charge in [-0.3, -0.25) is 14.3 Å². The molecule has 0 atom stereocenters. The minimum atomic E-state index is 0.122. The number of Topliss-reactive ketones (excluding diaryl/α,β-unsaturated/α-hetero) is 1. The van der Waals surface area contributed by atoms with Crippen LogP contribution in [-0.4, -0.2) is 53.2 Å². The Morgan fingerprint density at radius 2 is 1.79 bits per heavy atom. The van der Waals surface area contributed by atoms with Gasteiger partial charge >= 0.3 is 0 Å². The molecule has 0 aliphatic carbocycles. The van der Waals surface area contributed by atoms with Crippen molar-refractivity contribution in [3.05, 3.63) is 64.8 Å². The highest BCUT2D eigenvalue weighted by Crippen LogP contribution is 2.25. The third kappa shape index (κ3) is 5.33. The monoisotopic (exact) mass is 447 g/mol. The summed E-state index contributed by atoms with van der Waals surface area (Å²) >= 11 is 0. The fourth-order valence-corrected chi connectivity index (χ4v) is 4.65. The maximum absolute atomic E-state index is 12.8. The zero-order chi connectivity index (χ0) is 23.4. The summed E-state index contributed by atoms with van der Waals surface area (Å²) in [7, 11) is 1.65. The van der Waals surface area contributed by atoms with E-state index in [0.29, 0.717) is 18.9 Å². The van der Waals surface area contributed by atoms with Gasteiger partial charge in [-0.15, -0.1) is 0 Å². The number of carbonyl (C=O) groups is 2. The zero-order valence-electron chi connectivity index (χ0n) is 19.8. The first-order valence-electron chi connectivity index (χ1n) is 11.8. The Morgan fingerprint density at radius 1 is 1.06 bits per heavy atom. The molecule has 1 amide bonds. The van der Waals surface area contributed by atoms with Gasteiger partial charge in [-0.25, -0.2) is 0 Å². The number of nitrogens with zero attached hydrogens (tertiary/aromatic N) is 3. The number of piperidine rings is 1. The van der Waals surface area contributed by atoms with Gasteiger partial charge in [0.25, 0.3) is 5.91 Å². The van der Waals surface area contributed by atoms with Crippen molar-refractivity contribution in [1.29, 1.82) is 0 Å². The van der Waals surface area contributed by atoms with Crippen LogP contribution in [0.1, 0.15) is 57.5 Å². The second kappa shape index (κ2) is 10.3. The maximum Gasteiger partial charge on any atom is 0.253 e. The molecule has 1 saturated heterocycles. The summed E-state index contributed by atoms with van der Waals surface area (Å²) in [6, 6.07) is 11.7. The van der Waals surface area contributed by atoms with Gasteiger partial charge in [-0.05, 0) is 68.9 Å². The first kappa shape index (κ1) is 23.2. The summed E-state index contributed by atoms with van der Waals surface area (Å²) < 4.78 is 7.08. The topological polar surface area (TPSA) is 64.4 Å². The largest absolute Gasteiger partial charge is 0.385 e. The SMILES string of the molecule is COCCCC(=O)c1ccc2nn(CC3CCN(C(=O)c4ccc(C)cc4)CC3)cc2c1C. The highest BCUT2D eigenvalue weighted by Gasteiger charge is 2.24. The third-order valence-corrected chi connectivity index (χ3v) is 6.70. The predicted molar refractivity (Wildman–Crippen MR) is 130 cm³/mol. The van der Waals surface area contributed by atoms with Crippen molar-refractivity contribution in [2.24, 2.45) is 5.92 Å². The average molecular weight is 448 g/mol. The number of carbonyl (C=O) groups excluding carboxylic acids is 2. The lowest BCUT2D eigenvalue weighted by Gasteiger charge is -2.32. The van der Waals surface area contributed by atoms with Crippen LogP contribution in [0.3, 0.4) is 0 Å². The highest BCUT2D eigenvalue weighted by molar-refractivity contribution is 6.01. The molecular weight excluding hydrogens is 414 g/mol. The zero-order valence-corrected chi connectivity index (χ0v) is 19.8. The number of ketones is 1. The van der Waals surface area contributed by atoms with E-state index in [4.69, 9.17) is 9.84 Å². The summed E-state index contributed by atoms with van der Waals surface area (Å²) in [5, 5.41) is 5.80. The fraction of sp³-hybridized carbons (Fsp3) is 0.444. The number of ether oxygens (including phenoxy) is 1. The molecule has 33 heavy (non-hydrogen) atoms. The molecule has 1 aliphatic rings. The number of methoxy groups -OCH3 is 1. The molecule has 1 aromatic heterocycles. The van der Waals surface area contributed by atoms with Gasteiger partial charge in [0.1, 0.15) is 0 Å². The van der Waals surface area contributed by atoms with Crippen LogP contribution in [0.2, 0.25) is 0 Å². The Hall–Kier alpha value is -2.99. The molecule has 3 aromatic rings. The van der Waals surface area contributed by atoms with Crippen molar-refractivity contribution in [1.82, 2.24) is 14.7 Å². The van der Waals surface area contributed by atoms with Crippen LogP contribution in [0.4, 0.5) is 0 Å². The first-order chi connectivity index (χ1) is 16.0. The number of amides is 1. The van der Waals surface area contributed by atoms with Gasteiger partial charge in [0.05, 0.1) is 5.52 Å². The number of likely N-dealkylation sites (tertiary alicyclic amines) is 1. The van der Waals surface area contributed by atoms with Crippen molar-refractivity contribution in [2.45, 2.75) is 46.1 Å². The standard InChI is InChI=1S/C27H33N3O3/c1-19-6-8-22(9-7-19)27(32)29-14-12-21(13-15-29)17-30-18-24-20(2)23(10-11-25(24)28-30)26(31)5-4-16-33-3/h6-11,18,21H,4-5,12-17H2,1-3H3. The molecule has 0 N–H and O–H groups in total. The van der Waals surface area contributed by atoms with E-state index in [1.807, 2.05) is 59.8 Å². The highest BCUT2D eigenvalue weighted by atomic mass is 16.5. The average Bonchev–Trinajstić information content (AvgIpc) is 3.23. The molecule has 6 nitrogen and oxygen atoms in total. The summed E-state index contributed by atoms with van der Waals surface area (Å²) in [6.45, 7) is 7.02. The normalized spacial score (nSPS) is 14.7. The first-order valence-corrected chi connectivity index (χ1v) is 11.8. The van der Waals surface area contributed by atoms with Crippen LogP contribution in [0, 0.1) is 19.8 Å². The van der Waals surface area contributed by atoms with Gasteiger partial charge in [-0.2, -0.15) is 5.10 Å². The second-order valence-corrected chi connectivity index (χ2v) is 9.14. The number of aryl methyl sites for hydroxylation is 2. The quantitative estimate of drug-likeness (QED) is 0.367. The minimum absolute atomic E-state index is 0.122. The van der Waals surface area contributed by atoms with Crippen LogP contribution < -0.4 is 0 Å². The molecule has 0 radical (unpaired) electrons. The Kier molecular flexibility index (Phi) is 7.23. The number of fused-ring (bicyclic) bond motifs is 1. The van der Waals surface area contributed by atoms with E-state index < -0.39 is 0 Å². The summed E-state index contributed by atoms with van der Waals surface area (Å²) in [5.74, 6) is 0.762. The van der Waals surface area contributed by atoms with Gasteiger partial charge in [0.15, 0.2) is 5.78 Å². The summed E-state index contributed by atoms with van der Waals surface area (Å²) in [6.07, 6.45) is 5.23. The van der Waals surface area contributed by atoms with Crippen molar-refractivity contribution in [3.63, 3.8) is 0 Å². The number of aromatic nitrogens is 2. The number of rotatable bonds is 8. The van der Waals surface area contributed by atoms with E-state index in [1.165, 1.54) is 0 Å². The molecule has 0 spiro atoms. The number of hydrogen-bond donors (Lipinski definition) is 0. The van der Waals surface area contributed by atoms with E-state index >= 15 is 0 Å². The van der Waals surface area contributed by atoms with Gasteiger partial charge in [0.2, 0.25) is 0 Å². The van der Waals surface area contributed by atoms with E-state index in [1.54, 1.807) is 7.11 Å². The predicted octanol–water partition coefficient (Wildman–Crippen LogP) is 4.81. The number of hydrogen-bond acceptors (Lipinski definition) is 4. The Balaban J connectivity index is 1.37. The van der Waals surface area contributed by atoms with Crippen molar-refractivity contribution in [3.8, 4) is 0 Å². The lowest BCUT2D eigenvalue weighted by molar-refractivity contribution is 0.0681. The molecule has 6 heteroatoms. The molecular formula is C27H33N3O3. The van der Waals surface area contributed by atoms with Crippen LogP contribution in [0.5, 0.6) is 0 Å². The van der Waals surface area contributed by atoms with E-state index in [2.05, 4.69) is 6.20 Å². The second-order valence-electron chi connectivity index (χ2n) is 9.14. The van der Waals surface area contributed by atoms with E-state index in [0.717, 1.165) is 72.1 Å². The molecule has 0 unspecified atom stereocenters. The molecule has 0 bridgehead atoms. The molecule has 2 heterocycles. The van der Waals surface area contributed by atoms with Gasteiger partial charge < -0.3 is 9.64 Å². The molecule has 1 aliphatic heterocycles. The van der Waals surface area contributed by atoms with Crippen molar-refractivity contribution in [2.75, 3.05) is 26.8 Å². The van der Waals surface area contributed by atoms with Crippen LogP contribution in [0.15, 0.2) is 42.6 Å². The van der Waals surface area contributed by atoms with Crippen molar-refractivity contribution < 1.29 is 14.3 Å². The molecule has 0 saturated carbocycles. The Labute approximate surface area is 195 Å². The van der Waals surface area contributed by atoms with Gasteiger partial charge in [0, 0.05) is 62.5 Å². The lowest BCUT2D eigenvalue weighted by Crippen LogP contribution is -2.39. The maximum atomic E-state index is 12.8. The molecule has 1 fully saturated rings. The van der Waals surface area contributed by atoms with Crippen LogP contribution in [-0.2, 0) is 11.3 Å². The molecule has 2 aromatic carbocycles. The van der Waals surface area contributed by atoms with Crippen LogP contribution >= 0.6 is 0 Å². The Morgan fingerprint density at radius 3 is 2.48 bits per heavy atom. The third-order valence-electron chi connectivity index (χ3n) is 6.70. The van der Waals surface area contributed by atoms with Crippen LogP contribution in [0.25, 0.3) is 10.9 Å². The van der Waals surface area contributed by atoms with Gasteiger partial charge in [-0.1, -0.05) is 17.7 Å². The lowest BCUT2D eigenvalue weighted by atomic mass is 9.96. The van der Waals surface area contributed by atoms with E-state index in [9.17, 15) is 9.59 Å². The summed E-state index contributed by atoms with van der Waals surface area (Å²) in [4.78, 5) is 27.3. The Bertz CT molecular complexity index is 1130.